The molecule has 0 aromatic heterocycles. The lowest BCUT2D eigenvalue weighted by Crippen LogP contribution is -2.38. The highest BCUT2D eigenvalue weighted by atomic mass is 16.5. The number of alkyl carbamates (subject to hydrolysis) is 1. The van der Waals surface area contributed by atoms with E-state index in [-0.39, 0.29) is 56.6 Å². The van der Waals surface area contributed by atoms with Crippen LogP contribution in [0.3, 0.4) is 0 Å². The first-order valence-electron chi connectivity index (χ1n) is 11.7. The van der Waals surface area contributed by atoms with E-state index in [9.17, 15) is 14.4 Å². The number of hydrogen-bond acceptors (Lipinski definition) is 5. The molecule has 4 rings (SSSR count). The van der Waals surface area contributed by atoms with Crippen molar-refractivity contribution < 1.29 is 29.0 Å². The molecule has 0 radical (unpaired) electrons. The zero-order valence-electron chi connectivity index (χ0n) is 19.2. The van der Waals surface area contributed by atoms with Crippen molar-refractivity contribution in [3.8, 4) is 11.1 Å². The SMILES string of the molecule is CCN(CCC(=O)O)C(=O)[C@@H]1CO[C@H](CNC(=O)OCC2c3ccccc3-c3ccccc32)C1. The van der Waals surface area contributed by atoms with Crippen LogP contribution in [0.1, 0.15) is 36.8 Å². The molecule has 2 amide bonds. The van der Waals surface area contributed by atoms with E-state index in [1.807, 2.05) is 31.2 Å². The second kappa shape index (κ2) is 10.7. The van der Waals surface area contributed by atoms with Gasteiger partial charge >= 0.3 is 12.1 Å². The lowest BCUT2D eigenvalue weighted by molar-refractivity contribution is -0.139. The smallest absolute Gasteiger partial charge is 0.407 e. The third-order valence-corrected chi connectivity index (χ3v) is 6.54. The summed E-state index contributed by atoms with van der Waals surface area (Å²) in [6.45, 7) is 3.21. The molecule has 0 saturated carbocycles. The second-order valence-corrected chi connectivity index (χ2v) is 8.66. The molecule has 2 aromatic rings. The van der Waals surface area contributed by atoms with Crippen molar-refractivity contribution in [1.29, 1.82) is 0 Å². The van der Waals surface area contributed by atoms with Crippen molar-refractivity contribution >= 4 is 18.0 Å². The quantitative estimate of drug-likeness (QED) is 0.588. The molecule has 8 heteroatoms. The number of carbonyl (C=O) groups is 3. The highest BCUT2D eigenvalue weighted by Gasteiger charge is 2.34. The van der Waals surface area contributed by atoms with Crippen LogP contribution in [0.25, 0.3) is 11.1 Å². The van der Waals surface area contributed by atoms with Crippen molar-refractivity contribution in [3.05, 3.63) is 59.7 Å². The summed E-state index contributed by atoms with van der Waals surface area (Å²) in [6.07, 6.45) is -0.407. The van der Waals surface area contributed by atoms with Gasteiger partial charge in [0.25, 0.3) is 0 Å². The molecule has 2 atom stereocenters. The van der Waals surface area contributed by atoms with Crippen LogP contribution in [0.4, 0.5) is 4.79 Å². The summed E-state index contributed by atoms with van der Waals surface area (Å²) < 4.78 is 11.2. The van der Waals surface area contributed by atoms with E-state index in [4.69, 9.17) is 14.6 Å². The van der Waals surface area contributed by atoms with Crippen LogP contribution in [0.2, 0.25) is 0 Å². The van der Waals surface area contributed by atoms with Gasteiger partial charge < -0.3 is 24.8 Å². The average molecular weight is 467 g/mol. The Kier molecular flexibility index (Phi) is 7.47. The lowest BCUT2D eigenvalue weighted by Gasteiger charge is -2.23. The van der Waals surface area contributed by atoms with E-state index >= 15 is 0 Å². The van der Waals surface area contributed by atoms with E-state index in [1.54, 1.807) is 4.90 Å². The zero-order chi connectivity index (χ0) is 24.1. The molecule has 0 bridgehead atoms. The Morgan fingerprint density at radius 1 is 1.09 bits per heavy atom. The van der Waals surface area contributed by atoms with E-state index in [2.05, 4.69) is 29.6 Å². The molecular weight excluding hydrogens is 436 g/mol. The third-order valence-electron chi connectivity index (χ3n) is 6.54. The molecule has 1 heterocycles. The fourth-order valence-corrected chi connectivity index (χ4v) is 4.78. The predicted molar refractivity (Wildman–Crippen MR) is 125 cm³/mol. The first-order valence-corrected chi connectivity index (χ1v) is 11.7. The Morgan fingerprint density at radius 3 is 2.35 bits per heavy atom. The monoisotopic (exact) mass is 466 g/mol. The summed E-state index contributed by atoms with van der Waals surface area (Å²) >= 11 is 0. The van der Waals surface area contributed by atoms with E-state index in [0.29, 0.717) is 13.0 Å². The van der Waals surface area contributed by atoms with Gasteiger partial charge in [-0.05, 0) is 35.6 Å². The molecule has 2 N–H and O–H groups in total. The molecule has 1 aliphatic carbocycles. The van der Waals surface area contributed by atoms with Crippen LogP contribution in [0.15, 0.2) is 48.5 Å². The number of nitrogens with one attached hydrogen (secondary N) is 1. The molecule has 1 aliphatic heterocycles. The average Bonchev–Trinajstić information content (AvgIpc) is 3.44. The molecular formula is C26H30N2O6. The molecule has 0 unspecified atom stereocenters. The minimum atomic E-state index is -0.931. The molecule has 8 nitrogen and oxygen atoms in total. The lowest BCUT2D eigenvalue weighted by atomic mass is 9.98. The Bertz CT molecular complexity index is 1010. The highest BCUT2D eigenvalue weighted by Crippen LogP contribution is 2.44. The number of fused-ring (bicyclic) bond motifs is 3. The molecule has 1 saturated heterocycles. The van der Waals surface area contributed by atoms with Crippen molar-refractivity contribution in [1.82, 2.24) is 10.2 Å². The fourth-order valence-electron chi connectivity index (χ4n) is 4.78. The minimum Gasteiger partial charge on any atom is -0.481 e. The van der Waals surface area contributed by atoms with Gasteiger partial charge in [0.1, 0.15) is 6.61 Å². The number of nitrogens with zero attached hydrogens (tertiary/aromatic N) is 1. The van der Waals surface area contributed by atoms with Crippen molar-refractivity contribution in [3.63, 3.8) is 0 Å². The number of aliphatic carboxylic acids is 1. The first kappa shape index (κ1) is 23.8. The number of carboxylic acid groups (broad SMARTS) is 1. The maximum Gasteiger partial charge on any atom is 0.407 e. The fraction of sp³-hybridized carbons (Fsp3) is 0.423. The molecule has 2 aliphatic rings. The Labute approximate surface area is 198 Å². The Morgan fingerprint density at radius 2 is 1.74 bits per heavy atom. The number of ether oxygens (including phenoxy) is 2. The van der Waals surface area contributed by atoms with Gasteiger partial charge in [-0.25, -0.2) is 4.79 Å². The van der Waals surface area contributed by atoms with Gasteiger partial charge in [0.2, 0.25) is 5.91 Å². The molecule has 180 valence electrons. The van der Waals surface area contributed by atoms with Crippen LogP contribution < -0.4 is 5.32 Å². The zero-order valence-corrected chi connectivity index (χ0v) is 19.2. The predicted octanol–water partition coefficient (Wildman–Crippen LogP) is 3.25. The summed E-state index contributed by atoms with van der Waals surface area (Å²) in [7, 11) is 0. The van der Waals surface area contributed by atoms with Gasteiger partial charge in [0.15, 0.2) is 0 Å². The van der Waals surface area contributed by atoms with Crippen LogP contribution in [0, 0.1) is 5.92 Å². The molecule has 1 fully saturated rings. The van der Waals surface area contributed by atoms with Crippen LogP contribution in [-0.4, -0.2) is 66.9 Å². The topological polar surface area (TPSA) is 105 Å². The number of carboxylic acids is 1. The van der Waals surface area contributed by atoms with Gasteiger partial charge in [-0.1, -0.05) is 48.5 Å². The van der Waals surface area contributed by atoms with Crippen LogP contribution >= 0.6 is 0 Å². The maximum atomic E-state index is 12.7. The summed E-state index contributed by atoms with van der Waals surface area (Å²) in [6, 6.07) is 16.3. The summed E-state index contributed by atoms with van der Waals surface area (Å²) in [4.78, 5) is 37.4. The number of amides is 2. The van der Waals surface area contributed by atoms with Crippen LogP contribution in [-0.2, 0) is 19.1 Å². The molecule has 2 aromatic carbocycles. The summed E-state index contributed by atoms with van der Waals surface area (Å²) in [5.41, 5.74) is 4.65. The number of carbonyl (C=O) groups excluding carboxylic acids is 2. The normalized spacial score (nSPS) is 18.7. The van der Waals surface area contributed by atoms with Gasteiger partial charge in [-0.15, -0.1) is 0 Å². The largest absolute Gasteiger partial charge is 0.481 e. The molecule has 0 spiro atoms. The summed E-state index contributed by atoms with van der Waals surface area (Å²) in [5, 5.41) is 11.6. The van der Waals surface area contributed by atoms with Crippen molar-refractivity contribution in [2.45, 2.75) is 31.8 Å². The highest BCUT2D eigenvalue weighted by molar-refractivity contribution is 5.80. The van der Waals surface area contributed by atoms with E-state index in [1.165, 1.54) is 11.1 Å². The van der Waals surface area contributed by atoms with Gasteiger partial charge in [-0.2, -0.15) is 0 Å². The summed E-state index contributed by atoms with van der Waals surface area (Å²) in [5.74, 6) is -1.37. The van der Waals surface area contributed by atoms with Crippen molar-refractivity contribution in [2.75, 3.05) is 32.8 Å². The number of hydrogen-bond donors (Lipinski definition) is 2. The standard InChI is InChI=1S/C26H30N2O6/c1-2-28(12-11-24(29)30)25(31)17-13-18(33-15-17)14-27-26(32)34-16-23-21-9-5-3-7-19(21)20-8-4-6-10-22(20)23/h3-10,17-18,23H,2,11-16H2,1H3,(H,27,32)(H,29,30)/t17-,18-/m0/s1. The minimum absolute atomic E-state index is 0.00582. The molecule has 34 heavy (non-hydrogen) atoms. The van der Waals surface area contributed by atoms with E-state index < -0.39 is 12.1 Å². The Balaban J connectivity index is 1.25. The Hall–Kier alpha value is -3.39. The third kappa shape index (κ3) is 5.22. The van der Waals surface area contributed by atoms with Crippen molar-refractivity contribution in [2.24, 2.45) is 5.92 Å². The van der Waals surface area contributed by atoms with Gasteiger partial charge in [-0.3, -0.25) is 9.59 Å². The van der Waals surface area contributed by atoms with E-state index in [0.717, 1.165) is 11.1 Å². The van der Waals surface area contributed by atoms with Gasteiger partial charge in [0, 0.05) is 25.6 Å². The number of benzene rings is 2. The maximum absolute atomic E-state index is 12.7. The van der Waals surface area contributed by atoms with Gasteiger partial charge in [0.05, 0.1) is 25.0 Å². The second-order valence-electron chi connectivity index (χ2n) is 8.66. The van der Waals surface area contributed by atoms with Crippen LogP contribution in [0.5, 0.6) is 0 Å². The first-order chi connectivity index (χ1) is 16.5. The number of rotatable bonds is 9.